The van der Waals surface area contributed by atoms with Gasteiger partial charge in [0.05, 0.1) is 0 Å². The third kappa shape index (κ3) is 5.47. The Kier molecular flexibility index (Phi) is 7.24. The molecule has 0 unspecified atom stereocenters. The van der Waals surface area contributed by atoms with Crippen LogP contribution in [0.4, 0.5) is 0 Å². The van der Waals surface area contributed by atoms with Gasteiger partial charge in [-0.25, -0.2) is 0 Å². The standard InChI is InChI=1S/C48H41N3O/c1-47(2,3)37-20-15-30(16-21-37)35-19-24-43-41(27-35)42-29-36(31-17-22-38(23-18-31)48(4,5)6)28-40(44(42)52-43)33-11-13-34(14-12-33)45-49-50-46-39-10-8-7-9-32(39)25-26-51(45)46/h7-29H,1-6H3. The number of pyridine rings is 1. The summed E-state index contributed by atoms with van der Waals surface area (Å²) < 4.78 is 8.80. The first-order valence-corrected chi connectivity index (χ1v) is 18.1. The highest BCUT2D eigenvalue weighted by Crippen LogP contribution is 2.42. The topological polar surface area (TPSA) is 43.3 Å². The molecule has 254 valence electrons. The van der Waals surface area contributed by atoms with Gasteiger partial charge in [-0.3, -0.25) is 4.40 Å². The van der Waals surface area contributed by atoms with Crippen molar-refractivity contribution in [1.29, 1.82) is 0 Å². The van der Waals surface area contributed by atoms with Gasteiger partial charge in [-0.15, -0.1) is 10.2 Å². The van der Waals surface area contributed by atoms with Crippen LogP contribution < -0.4 is 0 Å². The van der Waals surface area contributed by atoms with E-state index in [-0.39, 0.29) is 10.8 Å². The summed E-state index contributed by atoms with van der Waals surface area (Å²) in [5.41, 5.74) is 13.3. The van der Waals surface area contributed by atoms with Gasteiger partial charge in [-0.05, 0) is 85.5 Å². The van der Waals surface area contributed by atoms with Crippen molar-refractivity contribution in [2.75, 3.05) is 0 Å². The third-order valence-corrected chi connectivity index (χ3v) is 10.5. The van der Waals surface area contributed by atoms with E-state index in [2.05, 4.69) is 184 Å². The smallest absolute Gasteiger partial charge is 0.168 e. The summed E-state index contributed by atoms with van der Waals surface area (Å²) >= 11 is 0. The Balaban J connectivity index is 1.18. The summed E-state index contributed by atoms with van der Waals surface area (Å²) in [5, 5.41) is 13.7. The number of fused-ring (bicyclic) bond motifs is 6. The molecular formula is C48H41N3O. The van der Waals surface area contributed by atoms with E-state index in [0.29, 0.717) is 0 Å². The largest absolute Gasteiger partial charge is 0.455 e. The van der Waals surface area contributed by atoms with E-state index in [4.69, 9.17) is 4.42 Å². The van der Waals surface area contributed by atoms with Crippen LogP contribution in [0.15, 0.2) is 144 Å². The van der Waals surface area contributed by atoms with E-state index < -0.39 is 0 Å². The van der Waals surface area contributed by atoms with E-state index >= 15 is 0 Å². The van der Waals surface area contributed by atoms with Crippen molar-refractivity contribution >= 4 is 38.4 Å². The van der Waals surface area contributed by atoms with Crippen molar-refractivity contribution in [1.82, 2.24) is 14.6 Å². The lowest BCUT2D eigenvalue weighted by atomic mass is 9.86. The van der Waals surface area contributed by atoms with Crippen LogP contribution in [-0.2, 0) is 10.8 Å². The fourth-order valence-corrected chi connectivity index (χ4v) is 7.38. The fourth-order valence-electron chi connectivity index (χ4n) is 7.38. The van der Waals surface area contributed by atoms with E-state index in [1.807, 2.05) is 12.1 Å². The number of benzene rings is 6. The second kappa shape index (κ2) is 11.8. The molecule has 3 aromatic heterocycles. The SMILES string of the molecule is CC(C)(C)c1ccc(-c2ccc3oc4c(-c5ccc(-c6nnc7c8ccccc8ccn67)cc5)cc(-c5ccc(C(C)(C)C)cc5)cc4c3c2)cc1. The summed E-state index contributed by atoms with van der Waals surface area (Å²) in [7, 11) is 0. The predicted octanol–water partition coefficient (Wildman–Crippen LogP) is 13.0. The molecule has 0 bridgehead atoms. The van der Waals surface area contributed by atoms with Crippen LogP contribution in [0.3, 0.4) is 0 Å². The third-order valence-electron chi connectivity index (χ3n) is 10.5. The zero-order chi connectivity index (χ0) is 35.8. The fraction of sp³-hybridized carbons (Fsp3) is 0.167. The molecule has 0 aliphatic heterocycles. The predicted molar refractivity (Wildman–Crippen MR) is 217 cm³/mol. The van der Waals surface area contributed by atoms with Gasteiger partial charge in [-0.1, -0.05) is 145 Å². The van der Waals surface area contributed by atoms with E-state index in [0.717, 1.165) is 66.4 Å². The molecule has 0 aliphatic rings. The maximum Gasteiger partial charge on any atom is 0.168 e. The molecular weight excluding hydrogens is 635 g/mol. The maximum absolute atomic E-state index is 6.72. The molecule has 9 aromatic rings. The number of nitrogens with zero attached hydrogens (tertiary/aromatic N) is 3. The molecule has 0 amide bonds. The zero-order valence-corrected chi connectivity index (χ0v) is 30.5. The van der Waals surface area contributed by atoms with Crippen molar-refractivity contribution in [2.45, 2.75) is 52.4 Å². The summed E-state index contributed by atoms with van der Waals surface area (Å²) in [6.45, 7) is 13.5. The summed E-state index contributed by atoms with van der Waals surface area (Å²) in [6.07, 6.45) is 2.06. The highest BCUT2D eigenvalue weighted by atomic mass is 16.3. The minimum absolute atomic E-state index is 0.0838. The average Bonchev–Trinajstić information content (AvgIpc) is 3.76. The molecule has 4 heteroatoms. The number of aromatic nitrogens is 3. The Hall–Kier alpha value is -6.00. The number of hydrogen-bond donors (Lipinski definition) is 0. The van der Waals surface area contributed by atoms with E-state index in [1.165, 1.54) is 27.8 Å². The Labute approximate surface area is 304 Å². The lowest BCUT2D eigenvalue weighted by Gasteiger charge is -2.19. The number of furan rings is 1. The highest BCUT2D eigenvalue weighted by Gasteiger charge is 2.19. The highest BCUT2D eigenvalue weighted by molar-refractivity contribution is 6.12. The molecule has 0 saturated heterocycles. The van der Waals surface area contributed by atoms with E-state index in [1.54, 1.807) is 0 Å². The summed E-state index contributed by atoms with van der Waals surface area (Å²) in [6, 6.07) is 48.2. The zero-order valence-electron chi connectivity index (χ0n) is 30.5. The van der Waals surface area contributed by atoms with Crippen LogP contribution >= 0.6 is 0 Å². The molecule has 52 heavy (non-hydrogen) atoms. The van der Waals surface area contributed by atoms with Gasteiger partial charge in [0.25, 0.3) is 0 Å². The molecule has 3 heterocycles. The molecule has 9 rings (SSSR count). The van der Waals surface area contributed by atoms with Gasteiger partial charge in [-0.2, -0.15) is 0 Å². The second-order valence-electron chi connectivity index (χ2n) is 16.1. The Morgan fingerprint density at radius 1 is 0.481 bits per heavy atom. The molecule has 0 fully saturated rings. The Morgan fingerprint density at radius 2 is 1.06 bits per heavy atom. The molecule has 0 atom stereocenters. The van der Waals surface area contributed by atoms with Crippen molar-refractivity contribution in [3.8, 4) is 44.8 Å². The van der Waals surface area contributed by atoms with Crippen LogP contribution in [0, 0.1) is 0 Å². The van der Waals surface area contributed by atoms with Crippen LogP contribution in [0.5, 0.6) is 0 Å². The van der Waals surface area contributed by atoms with Gasteiger partial charge < -0.3 is 4.42 Å². The summed E-state index contributed by atoms with van der Waals surface area (Å²) in [5.74, 6) is 0.817. The van der Waals surface area contributed by atoms with Gasteiger partial charge in [0.15, 0.2) is 11.5 Å². The van der Waals surface area contributed by atoms with Crippen molar-refractivity contribution in [3.05, 3.63) is 151 Å². The van der Waals surface area contributed by atoms with Gasteiger partial charge in [0.1, 0.15) is 11.2 Å². The first kappa shape index (κ1) is 31.9. The molecule has 6 aromatic carbocycles. The molecule has 0 saturated carbocycles. The lowest BCUT2D eigenvalue weighted by molar-refractivity contribution is 0.590. The minimum atomic E-state index is 0.0838. The van der Waals surface area contributed by atoms with Gasteiger partial charge in [0.2, 0.25) is 0 Å². The Bertz CT molecular complexity index is 2770. The normalized spacial score (nSPS) is 12.4. The molecule has 0 N–H and O–H groups in total. The van der Waals surface area contributed by atoms with Crippen LogP contribution in [0.1, 0.15) is 52.7 Å². The average molecular weight is 676 g/mol. The van der Waals surface area contributed by atoms with Crippen molar-refractivity contribution in [2.24, 2.45) is 0 Å². The first-order chi connectivity index (χ1) is 25.0. The first-order valence-electron chi connectivity index (χ1n) is 18.1. The van der Waals surface area contributed by atoms with Gasteiger partial charge >= 0.3 is 0 Å². The number of hydrogen-bond acceptors (Lipinski definition) is 3. The lowest BCUT2D eigenvalue weighted by Crippen LogP contribution is -2.10. The van der Waals surface area contributed by atoms with Crippen LogP contribution in [0.2, 0.25) is 0 Å². The monoisotopic (exact) mass is 675 g/mol. The molecule has 0 aliphatic carbocycles. The summed E-state index contributed by atoms with van der Waals surface area (Å²) in [4.78, 5) is 0. The van der Waals surface area contributed by atoms with E-state index in [9.17, 15) is 0 Å². The van der Waals surface area contributed by atoms with Gasteiger partial charge in [0, 0.05) is 33.5 Å². The van der Waals surface area contributed by atoms with Crippen molar-refractivity contribution < 1.29 is 4.42 Å². The van der Waals surface area contributed by atoms with Crippen molar-refractivity contribution in [3.63, 3.8) is 0 Å². The quantitative estimate of drug-likeness (QED) is 0.186. The number of rotatable bonds is 4. The molecule has 0 spiro atoms. The van der Waals surface area contributed by atoms with Crippen LogP contribution in [0.25, 0.3) is 83.1 Å². The second-order valence-corrected chi connectivity index (χ2v) is 16.1. The minimum Gasteiger partial charge on any atom is -0.455 e. The van der Waals surface area contributed by atoms with Crippen LogP contribution in [-0.4, -0.2) is 14.6 Å². The molecule has 0 radical (unpaired) electrons. The molecule has 4 nitrogen and oxygen atoms in total. The Morgan fingerprint density at radius 3 is 1.73 bits per heavy atom. The maximum atomic E-state index is 6.72.